The van der Waals surface area contributed by atoms with Crippen molar-refractivity contribution < 1.29 is 4.39 Å². The van der Waals surface area contributed by atoms with Crippen molar-refractivity contribution >= 4 is 27.3 Å². The van der Waals surface area contributed by atoms with Crippen molar-refractivity contribution in [2.45, 2.75) is 0 Å². The van der Waals surface area contributed by atoms with E-state index in [2.05, 4.69) is 21.2 Å². The van der Waals surface area contributed by atoms with Crippen LogP contribution in [-0.2, 0) is 0 Å². The number of nitrogens with one attached hydrogen (secondary N) is 1. The molecule has 2 rings (SSSR count). The lowest BCUT2D eigenvalue weighted by Gasteiger charge is -2.10. The summed E-state index contributed by atoms with van der Waals surface area (Å²) >= 11 is 3.04. The summed E-state index contributed by atoms with van der Waals surface area (Å²) < 4.78 is 14.1. The predicted molar refractivity (Wildman–Crippen MR) is 73.3 cm³/mol. The molecule has 2 aromatic carbocycles. The molecule has 2 aromatic rings. The first-order chi connectivity index (χ1) is 9.17. The molecule has 0 radical (unpaired) electrons. The van der Waals surface area contributed by atoms with Crippen molar-refractivity contribution in [3.8, 4) is 12.1 Å². The number of halogens is 2. The Balaban J connectivity index is 2.43. The van der Waals surface area contributed by atoms with Gasteiger partial charge in [-0.2, -0.15) is 10.5 Å². The second kappa shape index (κ2) is 5.51. The zero-order valence-electron chi connectivity index (χ0n) is 9.61. The third-order valence-electron chi connectivity index (χ3n) is 2.52. The number of para-hydroxylation sites is 1. The van der Waals surface area contributed by atoms with Gasteiger partial charge in [-0.05, 0) is 40.2 Å². The van der Waals surface area contributed by atoms with Crippen molar-refractivity contribution in [2.75, 3.05) is 5.32 Å². The maximum Gasteiger partial charge on any atom is 0.162 e. The summed E-state index contributed by atoms with van der Waals surface area (Å²) in [5.41, 5.74) is 1.35. The molecular formula is C14H7BrFN3. The van der Waals surface area contributed by atoms with Crippen molar-refractivity contribution in [2.24, 2.45) is 0 Å². The molecular weight excluding hydrogens is 309 g/mol. The highest BCUT2D eigenvalue weighted by Gasteiger charge is 2.12. The van der Waals surface area contributed by atoms with E-state index in [4.69, 9.17) is 10.5 Å². The number of hydrogen-bond donors (Lipinski definition) is 1. The Hall–Kier alpha value is -2.37. The van der Waals surface area contributed by atoms with Gasteiger partial charge in [-0.15, -0.1) is 0 Å². The van der Waals surface area contributed by atoms with E-state index in [0.29, 0.717) is 11.3 Å². The van der Waals surface area contributed by atoms with Crippen LogP contribution in [-0.4, -0.2) is 0 Å². The highest BCUT2D eigenvalue weighted by Crippen LogP contribution is 2.29. The number of rotatable bonds is 2. The molecule has 0 atom stereocenters. The topological polar surface area (TPSA) is 59.6 Å². The molecule has 0 bridgehead atoms. The summed E-state index contributed by atoms with van der Waals surface area (Å²) in [6, 6.07) is 13.7. The molecule has 0 aromatic heterocycles. The van der Waals surface area contributed by atoms with Gasteiger partial charge >= 0.3 is 0 Å². The Morgan fingerprint density at radius 2 is 1.63 bits per heavy atom. The predicted octanol–water partition coefficient (Wildman–Crippen LogP) is 4.08. The highest BCUT2D eigenvalue weighted by atomic mass is 79.9. The summed E-state index contributed by atoms with van der Waals surface area (Å²) in [5.74, 6) is -0.563. The SMILES string of the molecule is N#Cc1ccccc1Nc1ccc(C#N)c(Br)c1F. The smallest absolute Gasteiger partial charge is 0.162 e. The van der Waals surface area contributed by atoms with Crippen LogP contribution in [0.1, 0.15) is 11.1 Å². The first-order valence-corrected chi connectivity index (χ1v) is 6.11. The Morgan fingerprint density at radius 1 is 0.947 bits per heavy atom. The van der Waals surface area contributed by atoms with E-state index in [1.54, 1.807) is 24.3 Å². The quantitative estimate of drug-likeness (QED) is 0.908. The number of benzene rings is 2. The third kappa shape index (κ3) is 2.57. The lowest BCUT2D eigenvalue weighted by Crippen LogP contribution is -1.98. The molecule has 0 heterocycles. The molecule has 92 valence electrons. The van der Waals surface area contributed by atoms with E-state index in [-0.39, 0.29) is 15.7 Å². The fourth-order valence-electron chi connectivity index (χ4n) is 1.57. The molecule has 0 unspecified atom stereocenters. The molecule has 0 spiro atoms. The number of nitrogens with zero attached hydrogens (tertiary/aromatic N) is 2. The van der Waals surface area contributed by atoms with Gasteiger partial charge in [0, 0.05) is 0 Å². The third-order valence-corrected chi connectivity index (χ3v) is 3.29. The summed E-state index contributed by atoms with van der Waals surface area (Å²) in [6.45, 7) is 0. The second-order valence-electron chi connectivity index (χ2n) is 3.68. The highest BCUT2D eigenvalue weighted by molar-refractivity contribution is 9.10. The average Bonchev–Trinajstić information content (AvgIpc) is 2.45. The maximum atomic E-state index is 14.0. The lowest BCUT2D eigenvalue weighted by atomic mass is 10.1. The molecule has 0 aliphatic carbocycles. The summed E-state index contributed by atoms with van der Waals surface area (Å²) in [4.78, 5) is 0. The molecule has 0 aliphatic heterocycles. The average molecular weight is 316 g/mol. The molecule has 0 saturated heterocycles. The van der Waals surface area contributed by atoms with Gasteiger partial charge < -0.3 is 5.32 Å². The van der Waals surface area contributed by atoms with Crippen molar-refractivity contribution in [3.05, 3.63) is 57.8 Å². The van der Waals surface area contributed by atoms with Crippen LogP contribution in [0.25, 0.3) is 0 Å². The number of nitriles is 2. The fraction of sp³-hybridized carbons (Fsp3) is 0. The van der Waals surface area contributed by atoms with Gasteiger partial charge in [-0.25, -0.2) is 4.39 Å². The summed E-state index contributed by atoms with van der Waals surface area (Å²) in [5, 5.41) is 20.6. The van der Waals surface area contributed by atoms with Crippen LogP contribution in [0.5, 0.6) is 0 Å². The Labute approximate surface area is 118 Å². The molecule has 3 nitrogen and oxygen atoms in total. The summed E-state index contributed by atoms with van der Waals surface area (Å²) in [7, 11) is 0. The Kier molecular flexibility index (Phi) is 3.79. The first kappa shape index (κ1) is 13.1. The van der Waals surface area contributed by atoms with E-state index in [1.165, 1.54) is 12.1 Å². The van der Waals surface area contributed by atoms with Crippen LogP contribution in [0.2, 0.25) is 0 Å². The van der Waals surface area contributed by atoms with E-state index in [1.807, 2.05) is 12.1 Å². The summed E-state index contributed by atoms with van der Waals surface area (Å²) in [6.07, 6.45) is 0. The van der Waals surface area contributed by atoms with Crippen LogP contribution >= 0.6 is 15.9 Å². The van der Waals surface area contributed by atoms with E-state index >= 15 is 0 Å². The number of hydrogen-bond acceptors (Lipinski definition) is 3. The molecule has 1 N–H and O–H groups in total. The van der Waals surface area contributed by atoms with Crippen LogP contribution in [0.15, 0.2) is 40.9 Å². The van der Waals surface area contributed by atoms with E-state index < -0.39 is 5.82 Å². The van der Waals surface area contributed by atoms with Crippen molar-refractivity contribution in [1.29, 1.82) is 10.5 Å². The van der Waals surface area contributed by atoms with Gasteiger partial charge in [-0.1, -0.05) is 12.1 Å². The van der Waals surface area contributed by atoms with Gasteiger partial charge in [0.1, 0.15) is 12.1 Å². The van der Waals surface area contributed by atoms with Gasteiger partial charge in [0.15, 0.2) is 5.82 Å². The molecule has 0 amide bonds. The van der Waals surface area contributed by atoms with Crippen molar-refractivity contribution in [3.63, 3.8) is 0 Å². The van der Waals surface area contributed by atoms with Crippen LogP contribution in [0, 0.1) is 28.5 Å². The second-order valence-corrected chi connectivity index (χ2v) is 4.48. The zero-order valence-corrected chi connectivity index (χ0v) is 11.2. The molecule has 0 fully saturated rings. The van der Waals surface area contributed by atoms with Gasteiger partial charge in [0.2, 0.25) is 0 Å². The molecule has 5 heteroatoms. The van der Waals surface area contributed by atoms with Crippen LogP contribution in [0.4, 0.5) is 15.8 Å². The Bertz CT molecular complexity index is 714. The maximum absolute atomic E-state index is 14.0. The molecule has 0 saturated carbocycles. The van der Waals surface area contributed by atoms with Crippen molar-refractivity contribution in [1.82, 2.24) is 0 Å². The lowest BCUT2D eigenvalue weighted by molar-refractivity contribution is 0.624. The minimum atomic E-state index is -0.563. The Morgan fingerprint density at radius 3 is 2.32 bits per heavy atom. The fourth-order valence-corrected chi connectivity index (χ4v) is 2.00. The van der Waals surface area contributed by atoms with Crippen LogP contribution in [0.3, 0.4) is 0 Å². The van der Waals surface area contributed by atoms with E-state index in [9.17, 15) is 4.39 Å². The minimum Gasteiger partial charge on any atom is -0.352 e. The van der Waals surface area contributed by atoms with Crippen LogP contribution < -0.4 is 5.32 Å². The normalized spacial score (nSPS) is 9.47. The van der Waals surface area contributed by atoms with E-state index in [0.717, 1.165) is 0 Å². The van der Waals surface area contributed by atoms with Gasteiger partial charge in [0.25, 0.3) is 0 Å². The number of anilines is 2. The zero-order chi connectivity index (χ0) is 13.8. The largest absolute Gasteiger partial charge is 0.352 e. The van der Waals surface area contributed by atoms with Gasteiger partial charge in [-0.3, -0.25) is 0 Å². The standard InChI is InChI=1S/C14H7BrFN3/c15-13-10(8-18)5-6-12(14(13)16)19-11-4-2-1-3-9(11)7-17/h1-6,19H. The minimum absolute atomic E-state index is 0.106. The molecule has 0 aliphatic rings. The first-order valence-electron chi connectivity index (χ1n) is 5.31. The van der Waals surface area contributed by atoms with Gasteiger partial charge in [0.05, 0.1) is 27.0 Å². The molecule has 19 heavy (non-hydrogen) atoms. The monoisotopic (exact) mass is 315 g/mol.